The molecule has 0 fully saturated rings. The summed E-state index contributed by atoms with van der Waals surface area (Å²) in [7, 11) is 1.72. The number of aromatic hydroxyl groups is 1. The summed E-state index contributed by atoms with van der Waals surface area (Å²) in [4.78, 5) is 0. The predicted octanol–water partition coefficient (Wildman–Crippen LogP) is 5.92. The Bertz CT molecular complexity index is 476. The molecule has 1 rings (SSSR count). The number of hydrogen-bond donors (Lipinski definition) is 1. The fourth-order valence-corrected chi connectivity index (χ4v) is 1.59. The molecule has 0 heterocycles. The number of ether oxygens (including phenoxy) is 2. The summed E-state index contributed by atoms with van der Waals surface area (Å²) in [5.41, 5.74) is 1.21. The highest BCUT2D eigenvalue weighted by Crippen LogP contribution is 2.17. The van der Waals surface area contributed by atoms with Crippen LogP contribution in [0.3, 0.4) is 0 Å². The van der Waals surface area contributed by atoms with Crippen molar-refractivity contribution < 1.29 is 14.6 Å². The van der Waals surface area contributed by atoms with Crippen LogP contribution in [0.1, 0.15) is 41.0 Å². The van der Waals surface area contributed by atoms with Gasteiger partial charge in [-0.3, -0.25) is 0 Å². The quantitative estimate of drug-likeness (QED) is 0.629. The van der Waals surface area contributed by atoms with E-state index < -0.39 is 0 Å². The molecular weight excluding hydrogens is 300 g/mol. The zero-order chi connectivity index (χ0) is 18.8. The minimum absolute atomic E-state index is 0.242. The van der Waals surface area contributed by atoms with Crippen molar-refractivity contribution in [2.45, 2.75) is 47.1 Å². The summed E-state index contributed by atoms with van der Waals surface area (Å²) in [6.07, 6.45) is 9.13. The highest BCUT2D eigenvalue weighted by molar-refractivity contribution is 5.31. The van der Waals surface area contributed by atoms with Crippen LogP contribution in [0.2, 0.25) is 0 Å². The first-order valence-corrected chi connectivity index (χ1v) is 8.46. The zero-order valence-electron chi connectivity index (χ0n) is 16.1. The number of phenolic OH excluding ortho intramolecular Hbond substituents is 1. The summed E-state index contributed by atoms with van der Waals surface area (Å²) >= 11 is 0. The van der Waals surface area contributed by atoms with Gasteiger partial charge in [0.25, 0.3) is 0 Å². The van der Waals surface area contributed by atoms with Gasteiger partial charge in [-0.1, -0.05) is 50.8 Å². The SMILES string of the molecule is C=C/C(=C\C=C/C)CC(C)OC.CC.CCOc1cccc(O)c1. The van der Waals surface area contributed by atoms with Crippen LogP contribution in [-0.2, 0) is 4.74 Å². The van der Waals surface area contributed by atoms with E-state index in [9.17, 15) is 0 Å². The van der Waals surface area contributed by atoms with E-state index >= 15 is 0 Å². The lowest BCUT2D eigenvalue weighted by Crippen LogP contribution is -2.04. The second kappa shape index (κ2) is 17.4. The lowest BCUT2D eigenvalue weighted by molar-refractivity contribution is 0.119. The van der Waals surface area contributed by atoms with E-state index in [0.717, 1.165) is 6.42 Å². The van der Waals surface area contributed by atoms with E-state index in [1.807, 2.05) is 58.9 Å². The summed E-state index contributed by atoms with van der Waals surface area (Å²) < 4.78 is 10.3. The Hall–Kier alpha value is -2.00. The van der Waals surface area contributed by atoms with Crippen molar-refractivity contribution in [3.63, 3.8) is 0 Å². The first-order valence-electron chi connectivity index (χ1n) is 8.46. The molecule has 1 aromatic rings. The van der Waals surface area contributed by atoms with E-state index in [1.165, 1.54) is 5.57 Å². The van der Waals surface area contributed by atoms with Gasteiger partial charge in [0, 0.05) is 13.2 Å². The lowest BCUT2D eigenvalue weighted by atomic mass is 10.1. The monoisotopic (exact) mass is 334 g/mol. The van der Waals surface area contributed by atoms with Gasteiger partial charge in [0.2, 0.25) is 0 Å². The molecule has 0 aliphatic carbocycles. The normalized spacial score (nSPS) is 11.7. The van der Waals surface area contributed by atoms with Crippen LogP contribution in [-0.4, -0.2) is 24.9 Å². The number of methoxy groups -OCH3 is 1. The Kier molecular flexibility index (Phi) is 17.5. The zero-order valence-corrected chi connectivity index (χ0v) is 16.1. The van der Waals surface area contributed by atoms with Gasteiger partial charge in [0.1, 0.15) is 11.5 Å². The molecule has 136 valence electrons. The second-order valence-corrected chi connectivity index (χ2v) is 4.65. The maximum absolute atomic E-state index is 8.96. The standard InChI is InChI=1S/C11H18O.C8H10O2.C2H6/c1-5-7-8-11(6-2)9-10(3)12-4;1-2-10-8-5-3-4-7(9)6-8;1-2/h5-8,10H,2,9H2,1,3-4H3;3-6,9H,2H2,1H3;1-2H3/b7-5-,11-8+;;. The maximum Gasteiger partial charge on any atom is 0.122 e. The fraction of sp³-hybridized carbons (Fsp3) is 0.429. The van der Waals surface area contributed by atoms with Crippen molar-refractivity contribution in [1.29, 1.82) is 0 Å². The minimum atomic E-state index is 0.242. The Balaban J connectivity index is 0. The molecule has 0 aromatic heterocycles. The summed E-state index contributed by atoms with van der Waals surface area (Å²) in [5.74, 6) is 0.952. The van der Waals surface area contributed by atoms with Crippen LogP contribution >= 0.6 is 0 Å². The van der Waals surface area contributed by atoms with Crippen molar-refractivity contribution >= 4 is 0 Å². The molecule has 1 N–H and O–H groups in total. The third kappa shape index (κ3) is 13.6. The molecule has 0 aliphatic rings. The molecule has 0 amide bonds. The number of rotatable bonds is 7. The number of hydrogen-bond acceptors (Lipinski definition) is 3. The number of phenols is 1. The molecule has 0 bridgehead atoms. The summed E-state index contributed by atoms with van der Waals surface area (Å²) in [6, 6.07) is 6.76. The smallest absolute Gasteiger partial charge is 0.122 e. The molecular formula is C21H34O3. The average molecular weight is 334 g/mol. The average Bonchev–Trinajstić information content (AvgIpc) is 2.61. The van der Waals surface area contributed by atoms with Gasteiger partial charge in [-0.2, -0.15) is 0 Å². The topological polar surface area (TPSA) is 38.7 Å². The number of benzene rings is 1. The van der Waals surface area contributed by atoms with Gasteiger partial charge < -0.3 is 14.6 Å². The van der Waals surface area contributed by atoms with Crippen LogP contribution in [0.15, 0.2) is 60.7 Å². The third-order valence-corrected chi connectivity index (χ3v) is 2.82. The molecule has 0 saturated carbocycles. The second-order valence-electron chi connectivity index (χ2n) is 4.65. The van der Waals surface area contributed by atoms with Crippen molar-refractivity contribution in [3.8, 4) is 11.5 Å². The molecule has 0 saturated heterocycles. The van der Waals surface area contributed by atoms with E-state index in [-0.39, 0.29) is 11.9 Å². The van der Waals surface area contributed by atoms with E-state index in [2.05, 4.69) is 12.7 Å². The van der Waals surface area contributed by atoms with E-state index in [4.69, 9.17) is 14.6 Å². The molecule has 1 unspecified atom stereocenters. The van der Waals surface area contributed by atoms with E-state index in [0.29, 0.717) is 12.4 Å². The van der Waals surface area contributed by atoms with Crippen LogP contribution in [0, 0.1) is 0 Å². The van der Waals surface area contributed by atoms with Crippen LogP contribution in [0.5, 0.6) is 11.5 Å². The lowest BCUT2D eigenvalue weighted by Gasteiger charge is -2.08. The Morgan fingerprint density at radius 1 is 1.33 bits per heavy atom. The highest BCUT2D eigenvalue weighted by Gasteiger charge is 1.99. The van der Waals surface area contributed by atoms with Crippen LogP contribution in [0.25, 0.3) is 0 Å². The number of allylic oxidation sites excluding steroid dienone is 4. The first-order chi connectivity index (χ1) is 11.6. The van der Waals surface area contributed by atoms with Crippen molar-refractivity contribution in [2.75, 3.05) is 13.7 Å². The summed E-state index contributed by atoms with van der Waals surface area (Å²) in [5, 5.41) is 8.96. The molecule has 0 aliphatic heterocycles. The molecule has 3 nitrogen and oxygen atoms in total. The molecule has 1 aromatic carbocycles. The van der Waals surface area contributed by atoms with Crippen molar-refractivity contribution in [3.05, 3.63) is 60.7 Å². The van der Waals surface area contributed by atoms with Crippen molar-refractivity contribution in [1.82, 2.24) is 0 Å². The van der Waals surface area contributed by atoms with Gasteiger partial charge in [-0.25, -0.2) is 0 Å². The van der Waals surface area contributed by atoms with Gasteiger partial charge in [-0.15, -0.1) is 0 Å². The minimum Gasteiger partial charge on any atom is -0.508 e. The Morgan fingerprint density at radius 2 is 2.00 bits per heavy atom. The molecule has 0 radical (unpaired) electrons. The predicted molar refractivity (Wildman–Crippen MR) is 105 cm³/mol. The van der Waals surface area contributed by atoms with Crippen LogP contribution < -0.4 is 4.74 Å². The van der Waals surface area contributed by atoms with E-state index in [1.54, 1.807) is 25.3 Å². The highest BCUT2D eigenvalue weighted by atomic mass is 16.5. The van der Waals surface area contributed by atoms with Gasteiger partial charge >= 0.3 is 0 Å². The molecule has 0 spiro atoms. The maximum atomic E-state index is 8.96. The summed E-state index contributed by atoms with van der Waals surface area (Å²) in [6.45, 7) is 14.3. The molecule has 24 heavy (non-hydrogen) atoms. The largest absolute Gasteiger partial charge is 0.508 e. The van der Waals surface area contributed by atoms with Gasteiger partial charge in [0.15, 0.2) is 0 Å². The fourth-order valence-electron chi connectivity index (χ4n) is 1.59. The van der Waals surface area contributed by atoms with Gasteiger partial charge in [-0.05, 0) is 44.9 Å². The Labute approximate surface area is 148 Å². The third-order valence-electron chi connectivity index (χ3n) is 2.82. The first kappa shape index (κ1) is 24.3. The Morgan fingerprint density at radius 3 is 2.46 bits per heavy atom. The molecule has 1 atom stereocenters. The van der Waals surface area contributed by atoms with Gasteiger partial charge in [0.05, 0.1) is 12.7 Å². The molecule has 3 heteroatoms. The van der Waals surface area contributed by atoms with Crippen molar-refractivity contribution in [2.24, 2.45) is 0 Å². The van der Waals surface area contributed by atoms with Crippen LogP contribution in [0.4, 0.5) is 0 Å².